The van der Waals surface area contributed by atoms with Gasteiger partial charge in [0.2, 0.25) is 0 Å². The van der Waals surface area contributed by atoms with E-state index in [-0.39, 0.29) is 5.76 Å². The first-order valence-electron chi connectivity index (χ1n) is 5.99. The fraction of sp³-hybridized carbons (Fsp3) is 0.417. The molecular weight excluding hydrogens is 218 g/mol. The van der Waals surface area contributed by atoms with E-state index in [9.17, 15) is 4.79 Å². The lowest BCUT2D eigenvalue weighted by Gasteiger charge is -2.34. The Kier molecular flexibility index (Phi) is 1.65. The lowest BCUT2D eigenvalue weighted by atomic mass is 10.1. The maximum absolute atomic E-state index is 11.2. The molecule has 0 amide bonds. The van der Waals surface area contributed by atoms with Gasteiger partial charge in [-0.2, -0.15) is 0 Å². The predicted molar refractivity (Wildman–Crippen MR) is 65.7 cm³/mol. The Morgan fingerprint density at radius 3 is 3.29 bits per heavy atom. The number of fused-ring (bicyclic) bond motifs is 4. The molecule has 1 atom stereocenters. The van der Waals surface area contributed by atoms with Crippen molar-refractivity contribution in [3.05, 3.63) is 22.7 Å². The first-order chi connectivity index (χ1) is 8.31. The van der Waals surface area contributed by atoms with Gasteiger partial charge in [-0.05, 0) is 18.9 Å². The van der Waals surface area contributed by atoms with Crippen molar-refractivity contribution in [3.63, 3.8) is 0 Å². The van der Waals surface area contributed by atoms with E-state index in [1.807, 2.05) is 12.1 Å². The molecule has 5 nitrogen and oxygen atoms in total. The fourth-order valence-electron chi connectivity index (χ4n) is 2.96. The topological polar surface area (TPSA) is 61.3 Å². The van der Waals surface area contributed by atoms with Gasteiger partial charge in [-0.15, -0.1) is 0 Å². The summed E-state index contributed by atoms with van der Waals surface area (Å²) in [6.45, 7) is 2.08. The first kappa shape index (κ1) is 9.15. The molecule has 0 saturated carbocycles. The maximum atomic E-state index is 11.2. The summed E-state index contributed by atoms with van der Waals surface area (Å²) in [6, 6.07) is 4.52. The summed E-state index contributed by atoms with van der Waals surface area (Å²) in [6.07, 6.45) is 2.48. The highest BCUT2D eigenvalue weighted by Gasteiger charge is 2.30. The van der Waals surface area contributed by atoms with E-state index in [2.05, 4.69) is 15.2 Å². The standard InChI is InChI=1S/C12H13N3O2/c16-12-14-9-4-10-8(5-11(9)17-12)13-6-7-2-1-3-15(7)10/h4-5,7,13H,1-3,6H2,(H,14,16). The monoisotopic (exact) mass is 231 g/mol. The molecule has 2 aliphatic heterocycles. The molecule has 1 unspecified atom stereocenters. The average molecular weight is 231 g/mol. The van der Waals surface area contributed by atoms with Crippen molar-refractivity contribution in [2.24, 2.45) is 0 Å². The molecule has 1 aromatic heterocycles. The number of aromatic nitrogens is 1. The van der Waals surface area contributed by atoms with Crippen LogP contribution in [0.4, 0.5) is 11.4 Å². The van der Waals surface area contributed by atoms with Gasteiger partial charge < -0.3 is 14.6 Å². The van der Waals surface area contributed by atoms with Gasteiger partial charge in [0, 0.05) is 25.2 Å². The van der Waals surface area contributed by atoms with Gasteiger partial charge in [0.15, 0.2) is 5.58 Å². The third-order valence-electron chi connectivity index (χ3n) is 3.75. The summed E-state index contributed by atoms with van der Waals surface area (Å²) < 4.78 is 5.08. The molecule has 4 rings (SSSR count). The summed E-state index contributed by atoms with van der Waals surface area (Å²) in [4.78, 5) is 16.3. The lowest BCUT2D eigenvalue weighted by Crippen LogP contribution is -2.39. The molecular formula is C12H13N3O2. The van der Waals surface area contributed by atoms with Crippen molar-refractivity contribution in [2.45, 2.75) is 18.9 Å². The van der Waals surface area contributed by atoms with Crippen LogP contribution in [0.2, 0.25) is 0 Å². The van der Waals surface area contributed by atoms with Crippen LogP contribution in [0.25, 0.3) is 11.1 Å². The molecule has 0 bridgehead atoms. The van der Waals surface area contributed by atoms with E-state index in [1.54, 1.807) is 0 Å². The largest absolute Gasteiger partial charge is 0.417 e. The first-order valence-corrected chi connectivity index (χ1v) is 5.99. The number of oxazole rings is 1. The van der Waals surface area contributed by atoms with Crippen LogP contribution in [0.1, 0.15) is 12.8 Å². The minimum Gasteiger partial charge on any atom is -0.408 e. The van der Waals surface area contributed by atoms with Crippen molar-refractivity contribution >= 4 is 22.5 Å². The van der Waals surface area contributed by atoms with E-state index in [1.165, 1.54) is 18.5 Å². The smallest absolute Gasteiger partial charge is 0.408 e. The van der Waals surface area contributed by atoms with Gasteiger partial charge >= 0.3 is 5.76 Å². The second-order valence-electron chi connectivity index (χ2n) is 4.75. The number of nitrogens with one attached hydrogen (secondary N) is 2. The third-order valence-corrected chi connectivity index (χ3v) is 3.75. The van der Waals surface area contributed by atoms with Crippen LogP contribution in [0.5, 0.6) is 0 Å². The highest BCUT2D eigenvalue weighted by Crippen LogP contribution is 2.38. The van der Waals surface area contributed by atoms with Crippen LogP contribution < -0.4 is 16.0 Å². The summed E-state index contributed by atoms with van der Waals surface area (Å²) in [5.41, 5.74) is 3.66. The molecule has 2 aliphatic rings. The number of nitrogens with zero attached hydrogens (tertiary/aromatic N) is 1. The second-order valence-corrected chi connectivity index (χ2v) is 4.75. The number of rotatable bonds is 0. The van der Waals surface area contributed by atoms with Crippen LogP contribution in [0, 0.1) is 0 Å². The zero-order chi connectivity index (χ0) is 11.4. The molecule has 1 aromatic carbocycles. The Morgan fingerprint density at radius 1 is 1.41 bits per heavy atom. The lowest BCUT2D eigenvalue weighted by molar-refractivity contribution is 0.555. The number of hydrogen-bond donors (Lipinski definition) is 2. The van der Waals surface area contributed by atoms with Gasteiger partial charge in [0.1, 0.15) is 0 Å². The summed E-state index contributed by atoms with van der Waals surface area (Å²) in [5, 5.41) is 3.42. The Hall–Kier alpha value is -1.91. The van der Waals surface area contributed by atoms with E-state index >= 15 is 0 Å². The number of anilines is 2. The molecule has 0 radical (unpaired) electrons. The minimum atomic E-state index is -0.389. The predicted octanol–water partition coefficient (Wildman–Crippen LogP) is 1.52. The molecule has 17 heavy (non-hydrogen) atoms. The van der Waals surface area contributed by atoms with E-state index in [0.717, 1.165) is 24.3 Å². The van der Waals surface area contributed by atoms with Crippen molar-refractivity contribution in [1.82, 2.24) is 4.98 Å². The zero-order valence-electron chi connectivity index (χ0n) is 9.32. The van der Waals surface area contributed by atoms with Crippen LogP contribution in [0.15, 0.2) is 21.3 Å². The SMILES string of the molecule is O=c1[nH]c2cc3c(cc2o1)NCC1CCCN31. The molecule has 2 aromatic rings. The highest BCUT2D eigenvalue weighted by atomic mass is 16.4. The quantitative estimate of drug-likeness (QED) is 0.721. The van der Waals surface area contributed by atoms with Crippen molar-refractivity contribution in [2.75, 3.05) is 23.3 Å². The van der Waals surface area contributed by atoms with Crippen LogP contribution >= 0.6 is 0 Å². The van der Waals surface area contributed by atoms with E-state index < -0.39 is 0 Å². The Balaban J connectivity index is 1.95. The average Bonchev–Trinajstić information content (AvgIpc) is 2.89. The molecule has 88 valence electrons. The maximum Gasteiger partial charge on any atom is 0.417 e. The highest BCUT2D eigenvalue weighted by molar-refractivity contribution is 5.88. The van der Waals surface area contributed by atoms with Crippen molar-refractivity contribution in [3.8, 4) is 0 Å². The van der Waals surface area contributed by atoms with E-state index in [0.29, 0.717) is 11.6 Å². The molecule has 1 fully saturated rings. The molecule has 0 aliphatic carbocycles. The number of aromatic amines is 1. The number of H-pyrrole nitrogens is 1. The fourth-order valence-corrected chi connectivity index (χ4v) is 2.96. The zero-order valence-corrected chi connectivity index (χ0v) is 9.32. The van der Waals surface area contributed by atoms with Gasteiger partial charge in [-0.1, -0.05) is 0 Å². The molecule has 1 saturated heterocycles. The van der Waals surface area contributed by atoms with Gasteiger partial charge in [0.05, 0.1) is 16.9 Å². The number of benzene rings is 1. The molecule has 2 N–H and O–H groups in total. The van der Waals surface area contributed by atoms with Gasteiger partial charge in [-0.3, -0.25) is 4.98 Å². The Morgan fingerprint density at radius 2 is 2.35 bits per heavy atom. The summed E-state index contributed by atoms with van der Waals surface area (Å²) in [5.74, 6) is -0.389. The van der Waals surface area contributed by atoms with Crippen molar-refractivity contribution in [1.29, 1.82) is 0 Å². The summed E-state index contributed by atoms with van der Waals surface area (Å²) in [7, 11) is 0. The number of hydrogen-bond acceptors (Lipinski definition) is 4. The van der Waals surface area contributed by atoms with E-state index in [4.69, 9.17) is 4.42 Å². The van der Waals surface area contributed by atoms with Crippen LogP contribution in [-0.4, -0.2) is 24.1 Å². The van der Waals surface area contributed by atoms with Gasteiger partial charge in [-0.25, -0.2) is 4.79 Å². The normalized spacial score (nSPS) is 22.4. The summed E-state index contributed by atoms with van der Waals surface area (Å²) >= 11 is 0. The third kappa shape index (κ3) is 1.22. The van der Waals surface area contributed by atoms with Crippen LogP contribution in [0.3, 0.4) is 0 Å². The Labute approximate surface area is 97.4 Å². The molecule has 5 heteroatoms. The molecule has 3 heterocycles. The van der Waals surface area contributed by atoms with Crippen molar-refractivity contribution < 1.29 is 4.42 Å². The second kappa shape index (κ2) is 3.06. The molecule has 0 spiro atoms. The minimum absolute atomic E-state index is 0.389. The van der Waals surface area contributed by atoms with Crippen LogP contribution in [-0.2, 0) is 0 Å². The Bertz CT molecular complexity index is 643. The van der Waals surface area contributed by atoms with Gasteiger partial charge in [0.25, 0.3) is 0 Å².